The van der Waals surface area contributed by atoms with Crippen molar-refractivity contribution in [3.05, 3.63) is 65.0 Å². The van der Waals surface area contributed by atoms with Crippen LogP contribution in [0.3, 0.4) is 0 Å². The molecule has 1 aromatic carbocycles. The average molecular weight is 461 g/mol. The molecule has 0 fully saturated rings. The van der Waals surface area contributed by atoms with Gasteiger partial charge in [0.2, 0.25) is 5.91 Å². The van der Waals surface area contributed by atoms with E-state index in [1.165, 1.54) is 4.40 Å². The Morgan fingerprint density at radius 2 is 1.97 bits per heavy atom. The maximum Gasteiger partial charge on any atom is 0.350 e. The SMILES string of the molecule is CCCCOc1ccc(-c2cc3c4nn(CC(=O)Nc5cc(C)on5)c(=O)n4ccn3n2)cc1. The van der Waals surface area contributed by atoms with E-state index in [-0.39, 0.29) is 12.4 Å². The lowest BCUT2D eigenvalue weighted by Crippen LogP contribution is -2.28. The maximum atomic E-state index is 12.8. The summed E-state index contributed by atoms with van der Waals surface area (Å²) in [5.41, 5.74) is 2.25. The molecule has 0 bridgehead atoms. The van der Waals surface area contributed by atoms with Gasteiger partial charge in [-0.2, -0.15) is 5.10 Å². The van der Waals surface area contributed by atoms with Gasteiger partial charge in [-0.15, -0.1) is 5.10 Å². The molecule has 11 heteroatoms. The molecule has 0 spiro atoms. The Labute approximate surface area is 193 Å². The summed E-state index contributed by atoms with van der Waals surface area (Å²) in [5, 5.41) is 15.3. The lowest BCUT2D eigenvalue weighted by atomic mass is 10.1. The lowest BCUT2D eigenvalue weighted by molar-refractivity contribution is -0.117. The van der Waals surface area contributed by atoms with Gasteiger partial charge in [-0.25, -0.2) is 18.4 Å². The Hall–Kier alpha value is -4.41. The zero-order valence-corrected chi connectivity index (χ0v) is 18.8. The number of hydrogen-bond acceptors (Lipinski definition) is 7. The largest absolute Gasteiger partial charge is 0.494 e. The Kier molecular flexibility index (Phi) is 5.58. The van der Waals surface area contributed by atoms with E-state index in [0.717, 1.165) is 34.5 Å². The van der Waals surface area contributed by atoms with Crippen molar-refractivity contribution in [3.8, 4) is 17.0 Å². The molecule has 0 aliphatic heterocycles. The van der Waals surface area contributed by atoms with Crippen molar-refractivity contribution in [2.24, 2.45) is 0 Å². The van der Waals surface area contributed by atoms with Crippen LogP contribution in [-0.2, 0) is 11.3 Å². The number of ether oxygens (including phenoxy) is 1. The molecule has 0 unspecified atom stereocenters. The van der Waals surface area contributed by atoms with Crippen molar-refractivity contribution >= 4 is 22.9 Å². The van der Waals surface area contributed by atoms with Gasteiger partial charge in [-0.1, -0.05) is 18.5 Å². The first-order valence-electron chi connectivity index (χ1n) is 11.0. The normalized spacial score (nSPS) is 11.4. The van der Waals surface area contributed by atoms with Gasteiger partial charge in [0, 0.05) is 24.0 Å². The van der Waals surface area contributed by atoms with Gasteiger partial charge >= 0.3 is 5.69 Å². The van der Waals surface area contributed by atoms with Crippen LogP contribution in [0.25, 0.3) is 22.4 Å². The summed E-state index contributed by atoms with van der Waals surface area (Å²) in [5.74, 6) is 1.22. The molecule has 0 radical (unpaired) electrons. The molecule has 1 amide bonds. The van der Waals surface area contributed by atoms with Gasteiger partial charge in [-0.05, 0) is 43.7 Å². The Bertz CT molecular complexity index is 1520. The minimum Gasteiger partial charge on any atom is -0.494 e. The third-order valence-corrected chi connectivity index (χ3v) is 5.30. The maximum absolute atomic E-state index is 12.8. The van der Waals surface area contributed by atoms with Crippen molar-refractivity contribution < 1.29 is 14.1 Å². The fraction of sp³-hybridized carbons (Fsp3) is 0.261. The number of hydrogen-bond donors (Lipinski definition) is 1. The number of carbonyl (C=O) groups excluding carboxylic acids is 1. The van der Waals surface area contributed by atoms with Crippen LogP contribution in [-0.4, -0.2) is 41.5 Å². The topological polar surface area (TPSA) is 121 Å². The molecule has 4 heterocycles. The Morgan fingerprint density at radius 1 is 1.15 bits per heavy atom. The molecule has 34 heavy (non-hydrogen) atoms. The van der Waals surface area contributed by atoms with Crippen molar-refractivity contribution in [1.29, 1.82) is 0 Å². The molecule has 5 rings (SSSR count). The number of anilines is 1. The molecule has 5 aromatic rings. The number of benzene rings is 1. The highest BCUT2D eigenvalue weighted by Crippen LogP contribution is 2.24. The number of nitrogens with one attached hydrogen (secondary N) is 1. The van der Waals surface area contributed by atoms with Crippen LogP contribution >= 0.6 is 0 Å². The zero-order chi connectivity index (χ0) is 23.7. The van der Waals surface area contributed by atoms with E-state index in [0.29, 0.717) is 23.5 Å². The first kappa shape index (κ1) is 21.4. The fourth-order valence-electron chi connectivity index (χ4n) is 3.58. The summed E-state index contributed by atoms with van der Waals surface area (Å²) < 4.78 is 14.8. The van der Waals surface area contributed by atoms with Gasteiger partial charge in [0.15, 0.2) is 11.5 Å². The molecule has 11 nitrogen and oxygen atoms in total. The third kappa shape index (κ3) is 4.15. The number of carbonyl (C=O) groups is 1. The number of aromatic nitrogens is 6. The van der Waals surface area contributed by atoms with Gasteiger partial charge in [-0.3, -0.25) is 4.79 Å². The standard InChI is InChI=1S/C23H23N7O4/c1-3-4-11-33-17-7-5-16(6-8-17)18-13-19-22-26-30(23(32)28(22)9-10-29(19)25-18)14-21(31)24-20-12-15(2)34-27-20/h5-10,12-13H,3-4,11,14H2,1-2H3,(H,24,27,31). The van der Waals surface area contributed by atoms with E-state index in [1.807, 2.05) is 30.3 Å². The molecule has 174 valence electrons. The van der Waals surface area contributed by atoms with E-state index >= 15 is 0 Å². The molecule has 0 atom stereocenters. The highest BCUT2D eigenvalue weighted by atomic mass is 16.5. The first-order valence-corrected chi connectivity index (χ1v) is 11.0. The Balaban J connectivity index is 1.41. The minimum atomic E-state index is -0.440. The number of amides is 1. The quantitative estimate of drug-likeness (QED) is 0.353. The average Bonchev–Trinajstić information content (AvgIpc) is 3.52. The summed E-state index contributed by atoms with van der Waals surface area (Å²) in [7, 11) is 0. The van der Waals surface area contributed by atoms with Gasteiger partial charge in [0.25, 0.3) is 0 Å². The summed E-state index contributed by atoms with van der Waals surface area (Å²) in [6.07, 6.45) is 5.35. The second kappa shape index (κ2) is 8.85. The van der Waals surface area contributed by atoms with Crippen LogP contribution < -0.4 is 15.7 Å². The molecule has 0 aliphatic rings. The van der Waals surface area contributed by atoms with E-state index in [1.54, 1.807) is 29.9 Å². The van der Waals surface area contributed by atoms with E-state index in [2.05, 4.69) is 27.6 Å². The molecule has 0 aliphatic carbocycles. The first-order chi connectivity index (χ1) is 16.5. The number of aryl methyl sites for hydroxylation is 1. The number of rotatable bonds is 8. The lowest BCUT2D eigenvalue weighted by Gasteiger charge is -2.05. The van der Waals surface area contributed by atoms with Crippen molar-refractivity contribution in [3.63, 3.8) is 0 Å². The van der Waals surface area contributed by atoms with Gasteiger partial charge in [0.1, 0.15) is 23.6 Å². The van der Waals surface area contributed by atoms with Crippen LogP contribution in [0.15, 0.2) is 58.1 Å². The summed E-state index contributed by atoms with van der Waals surface area (Å²) in [6, 6.07) is 11.2. The van der Waals surface area contributed by atoms with E-state index in [4.69, 9.17) is 9.26 Å². The Morgan fingerprint density at radius 3 is 2.71 bits per heavy atom. The zero-order valence-electron chi connectivity index (χ0n) is 18.8. The molecule has 1 N–H and O–H groups in total. The highest BCUT2D eigenvalue weighted by Gasteiger charge is 2.16. The molecular weight excluding hydrogens is 438 g/mol. The van der Waals surface area contributed by atoms with Gasteiger partial charge in [0.05, 0.1) is 12.3 Å². The molecule has 0 saturated heterocycles. The van der Waals surface area contributed by atoms with Crippen molar-refractivity contribution in [2.45, 2.75) is 33.2 Å². The smallest absolute Gasteiger partial charge is 0.350 e. The van der Waals surface area contributed by atoms with Crippen molar-refractivity contribution in [1.82, 2.24) is 29.0 Å². The van der Waals surface area contributed by atoms with Crippen LogP contribution in [0.4, 0.5) is 5.82 Å². The number of unbranched alkanes of at least 4 members (excludes halogenated alkanes) is 1. The van der Waals surface area contributed by atoms with Crippen molar-refractivity contribution in [2.75, 3.05) is 11.9 Å². The monoisotopic (exact) mass is 461 g/mol. The van der Waals surface area contributed by atoms with E-state index in [9.17, 15) is 9.59 Å². The van der Waals surface area contributed by atoms with Crippen LogP contribution in [0, 0.1) is 6.92 Å². The number of nitrogens with zero attached hydrogens (tertiary/aromatic N) is 6. The second-order valence-electron chi connectivity index (χ2n) is 7.89. The predicted octanol–water partition coefficient (Wildman–Crippen LogP) is 2.92. The van der Waals surface area contributed by atoms with Crippen LogP contribution in [0.5, 0.6) is 5.75 Å². The van der Waals surface area contributed by atoms with Crippen LogP contribution in [0.2, 0.25) is 0 Å². The van der Waals surface area contributed by atoms with Gasteiger partial charge < -0.3 is 14.6 Å². The minimum absolute atomic E-state index is 0.265. The van der Waals surface area contributed by atoms with Crippen LogP contribution in [0.1, 0.15) is 25.5 Å². The second-order valence-corrected chi connectivity index (χ2v) is 7.89. The van der Waals surface area contributed by atoms with E-state index < -0.39 is 11.6 Å². The summed E-state index contributed by atoms with van der Waals surface area (Å²) in [6.45, 7) is 4.27. The third-order valence-electron chi connectivity index (χ3n) is 5.30. The molecule has 0 saturated carbocycles. The molecule has 4 aromatic heterocycles. The summed E-state index contributed by atoms with van der Waals surface area (Å²) in [4.78, 5) is 25.1. The number of fused-ring (bicyclic) bond motifs is 3. The fourth-order valence-corrected chi connectivity index (χ4v) is 3.58. The predicted molar refractivity (Wildman–Crippen MR) is 124 cm³/mol. The highest BCUT2D eigenvalue weighted by molar-refractivity contribution is 5.89. The molecular formula is C23H23N7O4. The summed E-state index contributed by atoms with van der Waals surface area (Å²) >= 11 is 0.